The van der Waals surface area contributed by atoms with Crippen molar-refractivity contribution in [3.8, 4) is 0 Å². The van der Waals surface area contributed by atoms with Gasteiger partial charge in [0.25, 0.3) is 0 Å². The minimum atomic E-state index is -0.700. The van der Waals surface area contributed by atoms with Gasteiger partial charge < -0.3 is 10.5 Å². The molecule has 1 aromatic carbocycles. The number of aryl methyl sites for hydroxylation is 1. The van der Waals surface area contributed by atoms with Gasteiger partial charge in [-0.15, -0.1) is 0 Å². The van der Waals surface area contributed by atoms with Crippen LogP contribution in [0.4, 0.5) is 4.79 Å². The fraction of sp³-hybridized carbons (Fsp3) is 0.417. The molecule has 3 nitrogen and oxygen atoms in total. The molecule has 0 saturated carbocycles. The summed E-state index contributed by atoms with van der Waals surface area (Å²) >= 11 is 0. The van der Waals surface area contributed by atoms with Crippen molar-refractivity contribution in [2.24, 2.45) is 5.73 Å². The molecule has 0 aliphatic carbocycles. The molecule has 1 rings (SSSR count). The Hall–Kier alpha value is -1.51. The average molecular weight is 207 g/mol. The lowest BCUT2D eigenvalue weighted by Crippen LogP contribution is -2.24. The summed E-state index contributed by atoms with van der Waals surface area (Å²) in [7, 11) is 0. The highest BCUT2D eigenvalue weighted by molar-refractivity contribution is 5.64. The van der Waals surface area contributed by atoms with Gasteiger partial charge >= 0.3 is 6.09 Å². The molecule has 0 aromatic heterocycles. The Bertz CT molecular complexity index is 336. The van der Waals surface area contributed by atoms with E-state index in [-0.39, 0.29) is 6.10 Å². The van der Waals surface area contributed by atoms with E-state index in [0.29, 0.717) is 0 Å². The van der Waals surface area contributed by atoms with E-state index >= 15 is 0 Å². The van der Waals surface area contributed by atoms with Crippen molar-refractivity contribution in [3.05, 3.63) is 35.4 Å². The van der Waals surface area contributed by atoms with Gasteiger partial charge in [-0.1, -0.05) is 36.8 Å². The van der Waals surface area contributed by atoms with Crippen molar-refractivity contribution in [1.29, 1.82) is 0 Å². The standard InChI is InChI=1S/C12H17NO2/c1-3-11(15-12(13)14)8-10-6-4-5-9(2)7-10/h4-7,11H,3,8H2,1-2H3,(H2,13,14)/t11-/m0/s1. The highest BCUT2D eigenvalue weighted by Crippen LogP contribution is 2.10. The molecule has 1 amide bonds. The molecule has 0 aliphatic heterocycles. The lowest BCUT2D eigenvalue weighted by atomic mass is 10.0. The van der Waals surface area contributed by atoms with Gasteiger partial charge in [0.2, 0.25) is 0 Å². The van der Waals surface area contributed by atoms with E-state index in [9.17, 15) is 4.79 Å². The number of rotatable bonds is 4. The Labute approximate surface area is 90.2 Å². The topological polar surface area (TPSA) is 52.3 Å². The van der Waals surface area contributed by atoms with E-state index in [1.807, 2.05) is 32.0 Å². The number of amides is 1. The van der Waals surface area contributed by atoms with Crippen molar-refractivity contribution in [1.82, 2.24) is 0 Å². The first-order valence-corrected chi connectivity index (χ1v) is 5.13. The molecule has 0 saturated heterocycles. The van der Waals surface area contributed by atoms with Crippen LogP contribution in [0.1, 0.15) is 24.5 Å². The number of primary amides is 1. The zero-order valence-corrected chi connectivity index (χ0v) is 9.19. The third-order valence-corrected chi connectivity index (χ3v) is 2.28. The van der Waals surface area contributed by atoms with Crippen molar-refractivity contribution in [2.75, 3.05) is 0 Å². The summed E-state index contributed by atoms with van der Waals surface area (Å²) in [6, 6.07) is 8.16. The van der Waals surface area contributed by atoms with E-state index in [1.165, 1.54) is 11.1 Å². The minimum Gasteiger partial charge on any atom is -0.446 e. The predicted molar refractivity (Wildman–Crippen MR) is 59.6 cm³/mol. The monoisotopic (exact) mass is 207 g/mol. The average Bonchev–Trinajstić information content (AvgIpc) is 2.16. The maximum absolute atomic E-state index is 10.6. The lowest BCUT2D eigenvalue weighted by Gasteiger charge is -2.14. The van der Waals surface area contributed by atoms with Crippen LogP contribution in [0.2, 0.25) is 0 Å². The van der Waals surface area contributed by atoms with Gasteiger partial charge in [0.1, 0.15) is 6.10 Å². The van der Waals surface area contributed by atoms with E-state index in [2.05, 4.69) is 6.07 Å². The molecular weight excluding hydrogens is 190 g/mol. The molecule has 0 unspecified atom stereocenters. The summed E-state index contributed by atoms with van der Waals surface area (Å²) < 4.78 is 4.98. The third-order valence-electron chi connectivity index (χ3n) is 2.28. The molecule has 0 radical (unpaired) electrons. The number of nitrogens with two attached hydrogens (primary N) is 1. The number of carbonyl (C=O) groups excluding carboxylic acids is 1. The van der Waals surface area contributed by atoms with Crippen molar-refractivity contribution in [3.63, 3.8) is 0 Å². The Morgan fingerprint density at radius 1 is 1.53 bits per heavy atom. The third kappa shape index (κ3) is 4.02. The zero-order valence-electron chi connectivity index (χ0n) is 9.19. The SMILES string of the molecule is CC[C@@H](Cc1cccc(C)c1)OC(N)=O. The van der Waals surface area contributed by atoms with Gasteiger partial charge in [-0.25, -0.2) is 4.79 Å². The number of ether oxygens (including phenoxy) is 1. The fourth-order valence-corrected chi connectivity index (χ4v) is 1.54. The second-order valence-electron chi connectivity index (χ2n) is 3.66. The molecule has 1 atom stereocenters. The highest BCUT2D eigenvalue weighted by atomic mass is 16.6. The van der Waals surface area contributed by atoms with Crippen LogP contribution < -0.4 is 5.73 Å². The fourth-order valence-electron chi connectivity index (χ4n) is 1.54. The summed E-state index contributed by atoms with van der Waals surface area (Å²) in [5.41, 5.74) is 7.37. The van der Waals surface area contributed by atoms with Crippen molar-refractivity contribution < 1.29 is 9.53 Å². The molecule has 82 valence electrons. The van der Waals surface area contributed by atoms with Crippen LogP contribution in [0.25, 0.3) is 0 Å². The van der Waals surface area contributed by atoms with Gasteiger partial charge in [-0.05, 0) is 18.9 Å². The summed E-state index contributed by atoms with van der Waals surface area (Å²) in [5, 5.41) is 0. The molecular formula is C12H17NO2. The van der Waals surface area contributed by atoms with Crippen LogP contribution >= 0.6 is 0 Å². The molecule has 0 aliphatic rings. The first kappa shape index (κ1) is 11.6. The molecule has 1 aromatic rings. The summed E-state index contributed by atoms with van der Waals surface area (Å²) in [6.07, 6.45) is 0.677. The van der Waals surface area contributed by atoms with Crippen LogP contribution in [0.15, 0.2) is 24.3 Å². The Morgan fingerprint density at radius 2 is 2.27 bits per heavy atom. The summed E-state index contributed by atoms with van der Waals surface area (Å²) in [5.74, 6) is 0. The maximum atomic E-state index is 10.6. The number of hydrogen-bond donors (Lipinski definition) is 1. The first-order chi connectivity index (χ1) is 7.11. The second kappa shape index (κ2) is 5.39. The largest absolute Gasteiger partial charge is 0.446 e. The van der Waals surface area contributed by atoms with Gasteiger partial charge in [0, 0.05) is 6.42 Å². The summed E-state index contributed by atoms with van der Waals surface area (Å²) in [4.78, 5) is 10.6. The van der Waals surface area contributed by atoms with Crippen LogP contribution in [-0.2, 0) is 11.2 Å². The van der Waals surface area contributed by atoms with Crippen molar-refractivity contribution in [2.45, 2.75) is 32.8 Å². The van der Waals surface area contributed by atoms with Crippen LogP contribution in [0, 0.1) is 6.92 Å². The van der Waals surface area contributed by atoms with Crippen molar-refractivity contribution >= 4 is 6.09 Å². The molecule has 2 N–H and O–H groups in total. The van der Waals surface area contributed by atoms with E-state index in [4.69, 9.17) is 10.5 Å². The normalized spacial score (nSPS) is 12.1. The number of benzene rings is 1. The molecule has 15 heavy (non-hydrogen) atoms. The molecule has 0 spiro atoms. The van der Waals surface area contributed by atoms with Gasteiger partial charge in [0.05, 0.1) is 0 Å². The molecule has 0 heterocycles. The molecule has 0 fully saturated rings. The molecule has 3 heteroatoms. The Balaban J connectivity index is 2.62. The first-order valence-electron chi connectivity index (χ1n) is 5.13. The van der Waals surface area contributed by atoms with Gasteiger partial charge in [-0.2, -0.15) is 0 Å². The van der Waals surface area contributed by atoms with E-state index in [0.717, 1.165) is 12.8 Å². The van der Waals surface area contributed by atoms with Crippen LogP contribution in [0.5, 0.6) is 0 Å². The van der Waals surface area contributed by atoms with E-state index in [1.54, 1.807) is 0 Å². The minimum absolute atomic E-state index is 0.121. The maximum Gasteiger partial charge on any atom is 0.404 e. The smallest absolute Gasteiger partial charge is 0.404 e. The highest BCUT2D eigenvalue weighted by Gasteiger charge is 2.10. The van der Waals surface area contributed by atoms with Gasteiger partial charge in [-0.3, -0.25) is 0 Å². The number of carbonyl (C=O) groups is 1. The Kier molecular flexibility index (Phi) is 4.16. The number of hydrogen-bond acceptors (Lipinski definition) is 2. The van der Waals surface area contributed by atoms with Gasteiger partial charge in [0.15, 0.2) is 0 Å². The Morgan fingerprint density at radius 3 is 2.80 bits per heavy atom. The molecule has 0 bridgehead atoms. The van der Waals surface area contributed by atoms with Crippen LogP contribution in [0.3, 0.4) is 0 Å². The zero-order chi connectivity index (χ0) is 11.3. The van der Waals surface area contributed by atoms with E-state index < -0.39 is 6.09 Å². The predicted octanol–water partition coefficient (Wildman–Crippen LogP) is 2.41. The quantitative estimate of drug-likeness (QED) is 0.824. The lowest BCUT2D eigenvalue weighted by molar-refractivity contribution is 0.104. The second-order valence-corrected chi connectivity index (χ2v) is 3.66. The van der Waals surface area contributed by atoms with Crippen LogP contribution in [-0.4, -0.2) is 12.2 Å². The summed E-state index contributed by atoms with van der Waals surface area (Å²) in [6.45, 7) is 4.02.